The molecule has 0 saturated heterocycles. The summed E-state index contributed by atoms with van der Waals surface area (Å²) >= 11 is 0. The van der Waals surface area contributed by atoms with Crippen LogP contribution in [0.2, 0.25) is 0 Å². The molecule has 3 aromatic carbocycles. The van der Waals surface area contributed by atoms with E-state index in [1.807, 2.05) is 72.8 Å². The van der Waals surface area contributed by atoms with E-state index in [1.54, 1.807) is 19.4 Å². The van der Waals surface area contributed by atoms with Gasteiger partial charge in [-0.2, -0.15) is 5.26 Å². The lowest BCUT2D eigenvalue weighted by Gasteiger charge is -2.11. The Hall–Kier alpha value is -4.37. The summed E-state index contributed by atoms with van der Waals surface area (Å²) in [6, 6.07) is 26.8. The zero-order valence-corrected chi connectivity index (χ0v) is 16.9. The van der Waals surface area contributed by atoms with Gasteiger partial charge in [-0.1, -0.05) is 36.4 Å². The Bertz CT molecular complexity index is 1200. The molecule has 1 heterocycles. The molecule has 1 aromatic heterocycles. The highest BCUT2D eigenvalue weighted by molar-refractivity contribution is 5.66. The van der Waals surface area contributed by atoms with E-state index >= 15 is 0 Å². The van der Waals surface area contributed by atoms with Crippen LogP contribution in [0.1, 0.15) is 11.1 Å². The fourth-order valence-electron chi connectivity index (χ4n) is 3.01. The molecule has 0 unspecified atom stereocenters. The Morgan fingerprint density at radius 3 is 2.52 bits per heavy atom. The second-order valence-corrected chi connectivity index (χ2v) is 6.72. The average molecular weight is 408 g/mol. The van der Waals surface area contributed by atoms with Crippen molar-refractivity contribution in [3.8, 4) is 28.8 Å². The molecular weight excluding hydrogens is 388 g/mol. The van der Waals surface area contributed by atoms with Gasteiger partial charge in [0, 0.05) is 17.4 Å². The third-order valence-corrected chi connectivity index (χ3v) is 4.64. The zero-order chi connectivity index (χ0) is 21.5. The maximum atomic E-state index is 9.45. The van der Waals surface area contributed by atoms with Crippen LogP contribution in [-0.2, 0) is 6.61 Å². The van der Waals surface area contributed by atoms with E-state index in [0.29, 0.717) is 23.9 Å². The number of benzene rings is 3. The van der Waals surface area contributed by atoms with Crippen LogP contribution in [0.25, 0.3) is 11.3 Å². The third-order valence-electron chi connectivity index (χ3n) is 4.64. The molecule has 31 heavy (non-hydrogen) atoms. The first-order valence-electron chi connectivity index (χ1n) is 9.70. The van der Waals surface area contributed by atoms with E-state index < -0.39 is 0 Å². The van der Waals surface area contributed by atoms with Crippen molar-refractivity contribution in [2.45, 2.75) is 6.61 Å². The molecule has 6 nitrogen and oxygen atoms in total. The number of hydrogen-bond donors (Lipinski definition) is 1. The molecule has 4 aromatic rings. The van der Waals surface area contributed by atoms with E-state index in [4.69, 9.17) is 9.47 Å². The van der Waals surface area contributed by atoms with E-state index in [2.05, 4.69) is 21.4 Å². The minimum atomic E-state index is 0.382. The Kier molecular flexibility index (Phi) is 6.05. The van der Waals surface area contributed by atoms with Gasteiger partial charge in [-0.25, -0.2) is 9.97 Å². The molecule has 0 saturated carbocycles. The molecule has 6 heteroatoms. The van der Waals surface area contributed by atoms with Crippen molar-refractivity contribution in [1.82, 2.24) is 9.97 Å². The molecule has 0 fully saturated rings. The van der Waals surface area contributed by atoms with E-state index in [9.17, 15) is 5.26 Å². The zero-order valence-electron chi connectivity index (χ0n) is 16.9. The van der Waals surface area contributed by atoms with Gasteiger partial charge in [0.1, 0.15) is 24.2 Å². The number of rotatable bonds is 7. The van der Waals surface area contributed by atoms with Crippen LogP contribution in [0.15, 0.2) is 85.1 Å². The van der Waals surface area contributed by atoms with E-state index in [-0.39, 0.29) is 0 Å². The standard InChI is InChI=1S/C25H20N4O2/c1-30-22-11-9-21(10-12-22)28-25-27-14-13-23(29-25)19-7-8-20(16-26)24(15-19)31-17-18-5-3-2-4-6-18/h2-15H,17H2,1H3,(H,27,28,29). The molecule has 0 bridgehead atoms. The summed E-state index contributed by atoms with van der Waals surface area (Å²) in [5, 5.41) is 12.6. The van der Waals surface area contributed by atoms with Crippen LogP contribution in [0.4, 0.5) is 11.6 Å². The van der Waals surface area contributed by atoms with Gasteiger partial charge in [-0.3, -0.25) is 0 Å². The van der Waals surface area contributed by atoms with Crippen LogP contribution in [0.5, 0.6) is 11.5 Å². The lowest BCUT2D eigenvalue weighted by Crippen LogP contribution is -1.99. The van der Waals surface area contributed by atoms with Crippen LogP contribution >= 0.6 is 0 Å². The second kappa shape index (κ2) is 9.42. The number of hydrogen-bond acceptors (Lipinski definition) is 6. The number of nitrogens with zero attached hydrogens (tertiary/aromatic N) is 3. The monoisotopic (exact) mass is 408 g/mol. The number of aromatic nitrogens is 2. The van der Waals surface area contributed by atoms with Crippen molar-refractivity contribution in [3.63, 3.8) is 0 Å². The van der Waals surface area contributed by atoms with Crippen LogP contribution in [-0.4, -0.2) is 17.1 Å². The van der Waals surface area contributed by atoms with Crippen LogP contribution < -0.4 is 14.8 Å². The van der Waals surface area contributed by atoms with Crippen LogP contribution in [0.3, 0.4) is 0 Å². The Morgan fingerprint density at radius 1 is 0.968 bits per heavy atom. The lowest BCUT2D eigenvalue weighted by atomic mass is 10.1. The minimum Gasteiger partial charge on any atom is -0.497 e. The fraction of sp³-hybridized carbons (Fsp3) is 0.0800. The van der Waals surface area contributed by atoms with Crippen molar-refractivity contribution in [2.75, 3.05) is 12.4 Å². The summed E-state index contributed by atoms with van der Waals surface area (Å²) in [7, 11) is 1.63. The quantitative estimate of drug-likeness (QED) is 0.444. The summed E-state index contributed by atoms with van der Waals surface area (Å²) in [5.41, 5.74) is 3.92. The Labute approximate surface area is 180 Å². The number of methoxy groups -OCH3 is 1. The first-order chi connectivity index (χ1) is 15.2. The van der Waals surface area contributed by atoms with E-state index in [0.717, 1.165) is 28.3 Å². The highest BCUT2D eigenvalue weighted by Crippen LogP contribution is 2.27. The number of anilines is 2. The Balaban J connectivity index is 1.55. The predicted octanol–water partition coefficient (Wildman–Crippen LogP) is 5.35. The molecule has 0 aliphatic heterocycles. The van der Waals surface area contributed by atoms with Gasteiger partial charge >= 0.3 is 0 Å². The first-order valence-corrected chi connectivity index (χ1v) is 9.70. The molecule has 152 valence electrons. The largest absolute Gasteiger partial charge is 0.497 e. The van der Waals surface area contributed by atoms with Gasteiger partial charge in [0.05, 0.1) is 18.4 Å². The first kappa shape index (κ1) is 19.9. The molecule has 0 amide bonds. The molecule has 0 aliphatic rings. The van der Waals surface area contributed by atoms with Gasteiger partial charge in [0.15, 0.2) is 0 Å². The summed E-state index contributed by atoms with van der Waals surface area (Å²) in [5.74, 6) is 1.77. The smallest absolute Gasteiger partial charge is 0.227 e. The fourth-order valence-corrected chi connectivity index (χ4v) is 3.01. The maximum Gasteiger partial charge on any atom is 0.227 e. The van der Waals surface area contributed by atoms with Gasteiger partial charge in [0.25, 0.3) is 0 Å². The van der Waals surface area contributed by atoms with Crippen molar-refractivity contribution < 1.29 is 9.47 Å². The maximum absolute atomic E-state index is 9.45. The molecule has 4 rings (SSSR count). The summed E-state index contributed by atoms with van der Waals surface area (Å²) in [4.78, 5) is 8.90. The van der Waals surface area contributed by atoms with E-state index in [1.165, 1.54) is 0 Å². The molecule has 0 spiro atoms. The SMILES string of the molecule is COc1ccc(Nc2nccc(-c3ccc(C#N)c(OCc4ccccc4)c3)n2)cc1. The molecule has 0 atom stereocenters. The lowest BCUT2D eigenvalue weighted by molar-refractivity contribution is 0.305. The van der Waals surface area contributed by atoms with Crippen molar-refractivity contribution >= 4 is 11.6 Å². The normalized spacial score (nSPS) is 10.2. The van der Waals surface area contributed by atoms with Crippen molar-refractivity contribution in [3.05, 3.63) is 96.2 Å². The molecule has 1 N–H and O–H groups in total. The van der Waals surface area contributed by atoms with Crippen molar-refractivity contribution in [1.29, 1.82) is 5.26 Å². The summed E-state index contributed by atoms with van der Waals surface area (Å²) in [6.07, 6.45) is 1.69. The van der Waals surface area contributed by atoms with Gasteiger partial charge < -0.3 is 14.8 Å². The Morgan fingerprint density at radius 2 is 1.77 bits per heavy atom. The summed E-state index contributed by atoms with van der Waals surface area (Å²) in [6.45, 7) is 0.382. The number of nitriles is 1. The second-order valence-electron chi connectivity index (χ2n) is 6.72. The van der Waals surface area contributed by atoms with Gasteiger partial charge in [0.2, 0.25) is 5.95 Å². The van der Waals surface area contributed by atoms with Gasteiger partial charge in [-0.15, -0.1) is 0 Å². The topological polar surface area (TPSA) is 80.1 Å². The third kappa shape index (κ3) is 4.98. The minimum absolute atomic E-state index is 0.382. The predicted molar refractivity (Wildman–Crippen MR) is 119 cm³/mol. The summed E-state index contributed by atoms with van der Waals surface area (Å²) < 4.78 is 11.1. The average Bonchev–Trinajstić information content (AvgIpc) is 2.84. The number of nitrogens with one attached hydrogen (secondary N) is 1. The molecule has 0 radical (unpaired) electrons. The molecular formula is C25H20N4O2. The van der Waals surface area contributed by atoms with Gasteiger partial charge in [-0.05, 0) is 48.0 Å². The highest BCUT2D eigenvalue weighted by atomic mass is 16.5. The number of ether oxygens (including phenoxy) is 2. The highest BCUT2D eigenvalue weighted by Gasteiger charge is 2.09. The molecule has 0 aliphatic carbocycles. The van der Waals surface area contributed by atoms with Crippen molar-refractivity contribution in [2.24, 2.45) is 0 Å². The van der Waals surface area contributed by atoms with Crippen LogP contribution in [0, 0.1) is 11.3 Å².